The lowest BCUT2D eigenvalue weighted by molar-refractivity contribution is 0.102. The highest BCUT2D eigenvalue weighted by Crippen LogP contribution is 2.31. The Hall–Kier alpha value is -2.86. The number of rotatable bonds is 7. The van der Waals surface area contributed by atoms with Crippen LogP contribution in [-0.4, -0.2) is 42.5 Å². The van der Waals surface area contributed by atoms with Crippen molar-refractivity contribution in [1.29, 1.82) is 0 Å². The molecule has 2 atom stereocenters. The smallest absolute Gasteiger partial charge is 0.315 e. The van der Waals surface area contributed by atoms with Gasteiger partial charge in [-0.1, -0.05) is 30.3 Å². The van der Waals surface area contributed by atoms with Crippen molar-refractivity contribution in [3.63, 3.8) is 0 Å². The van der Waals surface area contributed by atoms with Crippen molar-refractivity contribution in [2.24, 2.45) is 5.92 Å². The summed E-state index contributed by atoms with van der Waals surface area (Å²) < 4.78 is 0. The van der Waals surface area contributed by atoms with E-state index in [9.17, 15) is 9.59 Å². The second kappa shape index (κ2) is 9.30. The van der Waals surface area contributed by atoms with Crippen molar-refractivity contribution < 1.29 is 9.59 Å². The second-order valence-corrected chi connectivity index (χ2v) is 8.40. The van der Waals surface area contributed by atoms with Crippen molar-refractivity contribution in [2.45, 2.75) is 38.3 Å². The van der Waals surface area contributed by atoms with Gasteiger partial charge in [-0.3, -0.25) is 4.79 Å². The van der Waals surface area contributed by atoms with Gasteiger partial charge in [0, 0.05) is 30.4 Å². The zero-order valence-corrected chi connectivity index (χ0v) is 17.4. The molecule has 2 aromatic carbocycles. The molecule has 6 heteroatoms. The van der Waals surface area contributed by atoms with Crippen LogP contribution < -0.4 is 16.0 Å². The highest BCUT2D eigenvalue weighted by atomic mass is 16.2. The molecule has 0 bridgehead atoms. The van der Waals surface area contributed by atoms with Crippen molar-refractivity contribution in [2.75, 3.05) is 25.0 Å². The van der Waals surface area contributed by atoms with Gasteiger partial charge in [0.05, 0.1) is 6.04 Å². The number of nitrogens with one attached hydrogen (secondary N) is 3. The molecule has 2 unspecified atom stereocenters. The van der Waals surface area contributed by atoms with Gasteiger partial charge in [-0.15, -0.1) is 0 Å². The fraction of sp³-hybridized carbons (Fsp3) is 0.417. The Morgan fingerprint density at radius 1 is 1.07 bits per heavy atom. The summed E-state index contributed by atoms with van der Waals surface area (Å²) in [5, 5.41) is 8.94. The monoisotopic (exact) mass is 406 g/mol. The molecule has 0 spiro atoms. The van der Waals surface area contributed by atoms with Crippen molar-refractivity contribution in [3.8, 4) is 0 Å². The standard InChI is InChI=1S/C24H30N4O2/c1-17(26-24(30)25-15-18-12-13-28(16-18)22-10-11-22)20-8-5-9-21(14-20)27-23(29)19-6-3-2-4-7-19/h2-9,14,17-18,22H,10-13,15-16H2,1H3,(H,27,29)(H2,25,26,30). The van der Waals surface area contributed by atoms with Crippen LogP contribution in [0.2, 0.25) is 0 Å². The van der Waals surface area contributed by atoms with E-state index < -0.39 is 0 Å². The van der Waals surface area contributed by atoms with Crippen molar-refractivity contribution >= 4 is 17.6 Å². The summed E-state index contributed by atoms with van der Waals surface area (Å²) in [5.74, 6) is 0.395. The third kappa shape index (κ3) is 5.39. The number of carbonyl (C=O) groups excluding carboxylic acids is 2. The SMILES string of the molecule is CC(NC(=O)NCC1CCN(C2CC2)C1)c1cccc(NC(=O)c2ccccc2)c1. The van der Waals surface area contributed by atoms with Crippen LogP contribution in [0.3, 0.4) is 0 Å². The number of hydrogen-bond donors (Lipinski definition) is 3. The molecular formula is C24H30N4O2. The van der Waals surface area contributed by atoms with Crippen molar-refractivity contribution in [3.05, 3.63) is 65.7 Å². The van der Waals surface area contributed by atoms with Crippen LogP contribution in [0, 0.1) is 5.92 Å². The number of nitrogens with zero attached hydrogens (tertiary/aromatic N) is 1. The molecule has 30 heavy (non-hydrogen) atoms. The minimum Gasteiger partial charge on any atom is -0.338 e. The first-order valence-electron chi connectivity index (χ1n) is 10.8. The molecule has 3 amide bonds. The van der Waals surface area contributed by atoms with Gasteiger partial charge in [-0.25, -0.2) is 4.79 Å². The van der Waals surface area contributed by atoms with E-state index in [1.165, 1.54) is 12.8 Å². The highest BCUT2D eigenvalue weighted by molar-refractivity contribution is 6.04. The van der Waals surface area contributed by atoms with E-state index in [1.807, 2.05) is 49.4 Å². The van der Waals surface area contributed by atoms with Crippen LogP contribution in [0.25, 0.3) is 0 Å². The quantitative estimate of drug-likeness (QED) is 0.655. The molecular weight excluding hydrogens is 376 g/mol. The molecule has 3 N–H and O–H groups in total. The van der Waals surface area contributed by atoms with E-state index in [-0.39, 0.29) is 18.0 Å². The lowest BCUT2D eigenvalue weighted by atomic mass is 10.1. The third-order valence-electron chi connectivity index (χ3n) is 5.96. The van der Waals surface area contributed by atoms with Gasteiger partial charge in [0.1, 0.15) is 0 Å². The fourth-order valence-electron chi connectivity index (χ4n) is 4.05. The van der Waals surface area contributed by atoms with E-state index in [4.69, 9.17) is 0 Å². The molecule has 2 aliphatic rings. The number of urea groups is 1. The number of amides is 3. The van der Waals surface area contributed by atoms with Crippen molar-refractivity contribution in [1.82, 2.24) is 15.5 Å². The van der Waals surface area contributed by atoms with Crippen LogP contribution in [0.4, 0.5) is 10.5 Å². The van der Waals surface area contributed by atoms with Gasteiger partial charge in [-0.05, 0) is 68.5 Å². The predicted octanol–water partition coefficient (Wildman–Crippen LogP) is 3.78. The normalized spacial score (nSPS) is 19.8. The number of anilines is 1. The fourth-order valence-corrected chi connectivity index (χ4v) is 4.05. The Balaban J connectivity index is 1.25. The maximum atomic E-state index is 12.4. The van der Waals surface area contributed by atoms with Crippen LogP contribution in [-0.2, 0) is 0 Å². The van der Waals surface area contributed by atoms with Gasteiger partial charge >= 0.3 is 6.03 Å². The Morgan fingerprint density at radius 3 is 2.63 bits per heavy atom. The summed E-state index contributed by atoms with van der Waals surface area (Å²) in [7, 11) is 0. The summed E-state index contributed by atoms with van der Waals surface area (Å²) >= 11 is 0. The number of carbonyl (C=O) groups is 2. The largest absolute Gasteiger partial charge is 0.338 e. The van der Waals surface area contributed by atoms with E-state index in [1.54, 1.807) is 12.1 Å². The molecule has 6 nitrogen and oxygen atoms in total. The molecule has 4 rings (SSSR count). The van der Waals surface area contributed by atoms with Gasteiger partial charge in [0.2, 0.25) is 0 Å². The molecule has 1 saturated carbocycles. The maximum absolute atomic E-state index is 12.4. The maximum Gasteiger partial charge on any atom is 0.315 e. The summed E-state index contributed by atoms with van der Waals surface area (Å²) in [6, 6.07) is 17.2. The van der Waals surface area contributed by atoms with Crippen LogP contribution in [0.15, 0.2) is 54.6 Å². The zero-order valence-electron chi connectivity index (χ0n) is 17.4. The summed E-state index contributed by atoms with van der Waals surface area (Å²) in [5.41, 5.74) is 2.26. The molecule has 1 heterocycles. The molecule has 158 valence electrons. The van der Waals surface area contributed by atoms with Crippen LogP contribution in [0.1, 0.15) is 48.1 Å². The molecule has 2 aromatic rings. The number of hydrogen-bond acceptors (Lipinski definition) is 3. The summed E-state index contributed by atoms with van der Waals surface area (Å²) in [6.07, 6.45) is 3.83. The first kappa shape index (κ1) is 20.4. The van der Waals surface area contributed by atoms with Gasteiger partial charge in [0.15, 0.2) is 0 Å². The first-order chi connectivity index (χ1) is 14.6. The lowest BCUT2D eigenvalue weighted by Crippen LogP contribution is -2.40. The number of likely N-dealkylation sites (tertiary alicyclic amines) is 1. The van der Waals surface area contributed by atoms with E-state index in [0.29, 0.717) is 17.2 Å². The molecule has 2 fully saturated rings. The zero-order chi connectivity index (χ0) is 20.9. The van der Waals surface area contributed by atoms with Crippen LogP contribution >= 0.6 is 0 Å². The van der Waals surface area contributed by atoms with E-state index in [2.05, 4.69) is 20.9 Å². The van der Waals surface area contributed by atoms with E-state index in [0.717, 1.165) is 37.7 Å². The second-order valence-electron chi connectivity index (χ2n) is 8.40. The Morgan fingerprint density at radius 2 is 1.87 bits per heavy atom. The summed E-state index contributed by atoms with van der Waals surface area (Å²) in [4.78, 5) is 27.3. The predicted molar refractivity (Wildman–Crippen MR) is 118 cm³/mol. The third-order valence-corrected chi connectivity index (χ3v) is 5.96. The molecule has 1 aliphatic heterocycles. The Bertz CT molecular complexity index is 882. The Kier molecular flexibility index (Phi) is 6.33. The van der Waals surface area contributed by atoms with Gasteiger partial charge in [-0.2, -0.15) is 0 Å². The average molecular weight is 407 g/mol. The average Bonchev–Trinajstić information content (AvgIpc) is 3.51. The summed E-state index contributed by atoms with van der Waals surface area (Å²) in [6.45, 7) is 4.93. The Labute approximate surface area is 178 Å². The van der Waals surface area contributed by atoms with Gasteiger partial charge < -0.3 is 20.9 Å². The van der Waals surface area contributed by atoms with Gasteiger partial charge in [0.25, 0.3) is 5.91 Å². The van der Waals surface area contributed by atoms with Crippen LogP contribution in [0.5, 0.6) is 0 Å². The topological polar surface area (TPSA) is 73.5 Å². The highest BCUT2D eigenvalue weighted by Gasteiger charge is 2.34. The molecule has 0 aromatic heterocycles. The molecule has 0 radical (unpaired) electrons. The molecule has 1 saturated heterocycles. The minimum atomic E-state index is -0.162. The lowest BCUT2D eigenvalue weighted by Gasteiger charge is -2.18. The minimum absolute atomic E-state index is 0.147. The number of benzene rings is 2. The first-order valence-corrected chi connectivity index (χ1v) is 10.8. The van der Waals surface area contributed by atoms with E-state index >= 15 is 0 Å². The molecule has 1 aliphatic carbocycles.